The van der Waals surface area contributed by atoms with Crippen LogP contribution in [0.1, 0.15) is 33.6 Å². The van der Waals surface area contributed by atoms with Gasteiger partial charge in [0.25, 0.3) is 5.91 Å². The highest BCUT2D eigenvalue weighted by molar-refractivity contribution is 6.12. The summed E-state index contributed by atoms with van der Waals surface area (Å²) in [7, 11) is 1.62. The van der Waals surface area contributed by atoms with Gasteiger partial charge >= 0.3 is 0 Å². The Labute approximate surface area is 152 Å². The number of aromatic nitrogens is 1. The van der Waals surface area contributed by atoms with Crippen LogP contribution in [0.4, 0.5) is 5.69 Å². The van der Waals surface area contributed by atoms with E-state index in [4.69, 9.17) is 0 Å². The van der Waals surface area contributed by atoms with Crippen molar-refractivity contribution in [1.82, 2.24) is 10.3 Å². The molecule has 5 heteroatoms. The molecule has 1 heterocycles. The number of hydrogen-bond acceptors (Lipinski definition) is 2. The van der Waals surface area contributed by atoms with E-state index in [1.165, 1.54) is 0 Å². The summed E-state index contributed by atoms with van der Waals surface area (Å²) in [4.78, 5) is 27.7. The van der Waals surface area contributed by atoms with Crippen LogP contribution in [0.3, 0.4) is 0 Å². The molecule has 0 aliphatic carbocycles. The third-order valence-corrected chi connectivity index (χ3v) is 4.75. The molecule has 0 saturated heterocycles. The largest absolute Gasteiger partial charge is 0.359 e. The number of nitrogens with one attached hydrogen (secondary N) is 3. The van der Waals surface area contributed by atoms with E-state index in [9.17, 15) is 9.59 Å². The van der Waals surface area contributed by atoms with E-state index in [-0.39, 0.29) is 11.8 Å². The standard InChI is InChI=1S/C21H23N3O2/c1-13-14(2)23-20-16(13)8-6-9-17(20)21(26)24-18-10-5-4-7-15(18)11-12-19(25)22-3/h4-10,23H,11-12H2,1-3H3,(H,22,25)(H,24,26). The summed E-state index contributed by atoms with van der Waals surface area (Å²) in [5, 5.41) is 6.68. The molecule has 3 aromatic rings. The minimum Gasteiger partial charge on any atom is -0.359 e. The first-order valence-electron chi connectivity index (χ1n) is 8.69. The predicted octanol–water partition coefficient (Wildman–Crippen LogP) is 3.72. The van der Waals surface area contributed by atoms with Crippen LogP contribution in [0.5, 0.6) is 0 Å². The van der Waals surface area contributed by atoms with E-state index in [1.807, 2.05) is 56.3 Å². The van der Waals surface area contributed by atoms with Gasteiger partial charge in [-0.2, -0.15) is 0 Å². The molecule has 3 N–H and O–H groups in total. The van der Waals surface area contributed by atoms with Crippen molar-refractivity contribution in [3.8, 4) is 0 Å². The summed E-state index contributed by atoms with van der Waals surface area (Å²) in [5.74, 6) is -0.183. The van der Waals surface area contributed by atoms with Crippen LogP contribution in [-0.4, -0.2) is 23.8 Å². The quantitative estimate of drug-likeness (QED) is 0.657. The van der Waals surface area contributed by atoms with E-state index in [2.05, 4.69) is 15.6 Å². The van der Waals surface area contributed by atoms with E-state index in [1.54, 1.807) is 7.05 Å². The molecule has 0 saturated carbocycles. The predicted molar refractivity (Wildman–Crippen MR) is 105 cm³/mol. The molecule has 0 radical (unpaired) electrons. The highest BCUT2D eigenvalue weighted by atomic mass is 16.2. The summed E-state index contributed by atoms with van der Waals surface area (Å²) in [6, 6.07) is 13.3. The number of carbonyl (C=O) groups is 2. The normalized spacial score (nSPS) is 10.7. The number of fused-ring (bicyclic) bond motifs is 1. The number of hydrogen-bond donors (Lipinski definition) is 3. The van der Waals surface area contributed by atoms with Gasteiger partial charge in [-0.25, -0.2) is 0 Å². The van der Waals surface area contributed by atoms with Crippen LogP contribution in [0.25, 0.3) is 10.9 Å². The smallest absolute Gasteiger partial charge is 0.257 e. The third-order valence-electron chi connectivity index (χ3n) is 4.75. The van der Waals surface area contributed by atoms with Crippen molar-refractivity contribution < 1.29 is 9.59 Å². The average molecular weight is 349 g/mol. The molecule has 0 fully saturated rings. The molecule has 0 unspecified atom stereocenters. The summed E-state index contributed by atoms with van der Waals surface area (Å²) in [6.07, 6.45) is 0.953. The number of aryl methyl sites for hydroxylation is 3. The van der Waals surface area contributed by atoms with Gasteiger partial charge in [-0.05, 0) is 43.5 Å². The monoisotopic (exact) mass is 349 g/mol. The Bertz CT molecular complexity index is 973. The molecule has 0 aliphatic rings. The average Bonchev–Trinajstić information content (AvgIpc) is 2.95. The molecule has 0 atom stereocenters. The van der Waals surface area contributed by atoms with Crippen molar-refractivity contribution in [1.29, 1.82) is 0 Å². The second-order valence-corrected chi connectivity index (χ2v) is 6.39. The lowest BCUT2D eigenvalue weighted by Gasteiger charge is -2.11. The van der Waals surface area contributed by atoms with Crippen molar-refractivity contribution in [3.05, 3.63) is 64.8 Å². The molecular formula is C21H23N3O2. The summed E-state index contributed by atoms with van der Waals surface area (Å²) < 4.78 is 0. The maximum atomic E-state index is 12.9. The Morgan fingerprint density at radius 1 is 1.04 bits per heavy atom. The first kappa shape index (κ1) is 17.7. The minimum atomic E-state index is -0.163. The lowest BCUT2D eigenvalue weighted by Crippen LogP contribution is -2.19. The Morgan fingerprint density at radius 2 is 1.81 bits per heavy atom. The van der Waals surface area contributed by atoms with Gasteiger partial charge in [-0.15, -0.1) is 0 Å². The fourth-order valence-electron chi connectivity index (χ4n) is 3.10. The minimum absolute atomic E-state index is 0.0202. The molecular weight excluding hydrogens is 326 g/mol. The first-order chi connectivity index (χ1) is 12.5. The van der Waals surface area contributed by atoms with Crippen molar-refractivity contribution in [2.24, 2.45) is 0 Å². The van der Waals surface area contributed by atoms with E-state index >= 15 is 0 Å². The Morgan fingerprint density at radius 3 is 2.58 bits per heavy atom. The van der Waals surface area contributed by atoms with Gasteiger partial charge in [0.2, 0.25) is 5.91 Å². The van der Waals surface area contributed by atoms with Crippen molar-refractivity contribution in [2.75, 3.05) is 12.4 Å². The van der Waals surface area contributed by atoms with Crippen LogP contribution >= 0.6 is 0 Å². The number of aromatic amines is 1. The van der Waals surface area contributed by atoms with Gasteiger partial charge in [0.1, 0.15) is 0 Å². The van der Waals surface area contributed by atoms with Gasteiger partial charge in [-0.3, -0.25) is 9.59 Å². The molecule has 0 spiro atoms. The van der Waals surface area contributed by atoms with Crippen molar-refractivity contribution in [3.63, 3.8) is 0 Å². The number of amides is 2. The van der Waals surface area contributed by atoms with Gasteiger partial charge in [0.05, 0.1) is 11.1 Å². The van der Waals surface area contributed by atoms with Crippen molar-refractivity contribution >= 4 is 28.4 Å². The van der Waals surface area contributed by atoms with Gasteiger partial charge in [0.15, 0.2) is 0 Å². The zero-order valence-electron chi connectivity index (χ0n) is 15.3. The number of anilines is 1. The highest BCUT2D eigenvalue weighted by Gasteiger charge is 2.15. The Hall–Kier alpha value is -3.08. The maximum Gasteiger partial charge on any atom is 0.257 e. The van der Waals surface area contributed by atoms with Crippen LogP contribution in [0, 0.1) is 13.8 Å². The van der Waals surface area contributed by atoms with Crippen LogP contribution < -0.4 is 10.6 Å². The molecule has 2 amide bonds. The summed E-state index contributed by atoms with van der Waals surface area (Å²) in [5.41, 5.74) is 5.35. The highest BCUT2D eigenvalue weighted by Crippen LogP contribution is 2.25. The number of rotatable bonds is 5. The molecule has 3 rings (SSSR count). The maximum absolute atomic E-state index is 12.9. The lowest BCUT2D eigenvalue weighted by atomic mass is 10.1. The number of para-hydroxylation sites is 2. The molecule has 0 aliphatic heterocycles. The molecule has 2 aromatic carbocycles. The lowest BCUT2D eigenvalue weighted by molar-refractivity contribution is -0.120. The molecule has 5 nitrogen and oxygen atoms in total. The molecule has 26 heavy (non-hydrogen) atoms. The Balaban J connectivity index is 1.87. The second-order valence-electron chi connectivity index (χ2n) is 6.39. The van der Waals surface area contributed by atoms with Gasteiger partial charge in [0, 0.05) is 30.2 Å². The molecule has 0 bridgehead atoms. The van der Waals surface area contributed by atoms with Crippen LogP contribution in [0.2, 0.25) is 0 Å². The van der Waals surface area contributed by atoms with Crippen LogP contribution in [0.15, 0.2) is 42.5 Å². The van der Waals surface area contributed by atoms with E-state index in [0.717, 1.165) is 33.4 Å². The molecule has 1 aromatic heterocycles. The van der Waals surface area contributed by atoms with Gasteiger partial charge < -0.3 is 15.6 Å². The Kier molecular flexibility index (Phi) is 5.07. The fraction of sp³-hybridized carbons (Fsp3) is 0.238. The van der Waals surface area contributed by atoms with E-state index in [0.29, 0.717) is 18.4 Å². The zero-order chi connectivity index (χ0) is 18.7. The zero-order valence-corrected chi connectivity index (χ0v) is 15.3. The number of H-pyrrole nitrogens is 1. The third kappa shape index (κ3) is 3.47. The second kappa shape index (κ2) is 7.44. The fourth-order valence-corrected chi connectivity index (χ4v) is 3.10. The number of carbonyl (C=O) groups excluding carboxylic acids is 2. The van der Waals surface area contributed by atoms with Gasteiger partial charge in [-0.1, -0.05) is 30.3 Å². The first-order valence-corrected chi connectivity index (χ1v) is 8.69. The van der Waals surface area contributed by atoms with E-state index < -0.39 is 0 Å². The topological polar surface area (TPSA) is 74.0 Å². The summed E-state index contributed by atoms with van der Waals surface area (Å²) >= 11 is 0. The number of benzene rings is 2. The molecule has 134 valence electrons. The van der Waals surface area contributed by atoms with Crippen LogP contribution in [-0.2, 0) is 11.2 Å². The summed E-state index contributed by atoms with van der Waals surface area (Å²) in [6.45, 7) is 4.05. The SMILES string of the molecule is CNC(=O)CCc1ccccc1NC(=O)c1cccc2c(C)c(C)[nH]c12. The van der Waals surface area contributed by atoms with Crippen molar-refractivity contribution in [2.45, 2.75) is 26.7 Å².